The van der Waals surface area contributed by atoms with E-state index >= 15 is 0 Å². The third-order valence-corrected chi connectivity index (χ3v) is 5.39. The molecule has 0 fully saturated rings. The van der Waals surface area contributed by atoms with Gasteiger partial charge in [0.15, 0.2) is 0 Å². The van der Waals surface area contributed by atoms with Crippen molar-refractivity contribution in [2.45, 2.75) is 13.5 Å². The number of nitrogens with zero attached hydrogens (tertiary/aromatic N) is 2. The van der Waals surface area contributed by atoms with Crippen LogP contribution in [0.4, 0.5) is 4.39 Å². The first-order chi connectivity index (χ1) is 15.0. The summed E-state index contributed by atoms with van der Waals surface area (Å²) in [5.41, 5.74) is 5.19. The van der Waals surface area contributed by atoms with Crippen LogP contribution in [-0.4, -0.2) is 15.6 Å². The molecular formula is C26H19FN2O2. The van der Waals surface area contributed by atoms with Gasteiger partial charge in [0.1, 0.15) is 5.82 Å². The Balaban J connectivity index is 1.81. The number of benzene rings is 3. The van der Waals surface area contributed by atoms with Crippen LogP contribution in [0.5, 0.6) is 0 Å². The van der Waals surface area contributed by atoms with E-state index in [1.807, 2.05) is 37.3 Å². The number of allylic oxidation sites excluding steroid dienone is 1. The highest BCUT2D eigenvalue weighted by atomic mass is 19.1. The normalized spacial score (nSPS) is 11.5. The van der Waals surface area contributed by atoms with Crippen molar-refractivity contribution < 1.29 is 14.3 Å². The fourth-order valence-corrected chi connectivity index (χ4v) is 3.73. The quantitative estimate of drug-likeness (QED) is 0.417. The average Bonchev–Trinajstić information content (AvgIpc) is 3.04. The highest BCUT2D eigenvalue weighted by Gasteiger charge is 2.14. The molecule has 3 aromatic carbocycles. The van der Waals surface area contributed by atoms with Crippen molar-refractivity contribution in [2.75, 3.05) is 0 Å². The van der Waals surface area contributed by atoms with E-state index in [1.54, 1.807) is 24.3 Å². The number of halogens is 1. The van der Waals surface area contributed by atoms with E-state index in [0.29, 0.717) is 17.7 Å². The minimum Gasteiger partial charge on any atom is -0.478 e. The number of fused-ring (bicyclic) bond motifs is 1. The first kappa shape index (κ1) is 20.1. The molecular weight excluding hydrogens is 391 g/mol. The third kappa shape index (κ3) is 3.96. The number of hydrogen-bond donors (Lipinski definition) is 1. The molecule has 1 N–H and O–H groups in total. The lowest BCUT2D eigenvalue weighted by molar-refractivity contribution is 0.0697. The predicted molar refractivity (Wildman–Crippen MR) is 119 cm³/mol. The third-order valence-electron chi connectivity index (χ3n) is 5.39. The molecule has 0 aliphatic rings. The van der Waals surface area contributed by atoms with Crippen molar-refractivity contribution in [3.05, 3.63) is 107 Å². The Morgan fingerprint density at radius 2 is 1.68 bits per heavy atom. The number of aromatic carboxylic acids is 1. The van der Waals surface area contributed by atoms with Gasteiger partial charge in [0.05, 0.1) is 17.2 Å². The summed E-state index contributed by atoms with van der Waals surface area (Å²) >= 11 is 0. The summed E-state index contributed by atoms with van der Waals surface area (Å²) < 4.78 is 15.4. The molecule has 0 atom stereocenters. The minimum absolute atomic E-state index is 0.174. The summed E-state index contributed by atoms with van der Waals surface area (Å²) in [6.45, 7) is 2.58. The molecule has 31 heavy (non-hydrogen) atoms. The van der Waals surface area contributed by atoms with Crippen molar-refractivity contribution in [1.82, 2.24) is 4.57 Å². The first-order valence-electron chi connectivity index (χ1n) is 9.75. The molecule has 0 aliphatic carbocycles. The summed E-state index contributed by atoms with van der Waals surface area (Å²) in [5, 5.41) is 19.9. The Morgan fingerprint density at radius 3 is 2.32 bits per heavy atom. The van der Waals surface area contributed by atoms with E-state index in [0.717, 1.165) is 27.7 Å². The molecule has 1 heterocycles. The highest BCUT2D eigenvalue weighted by Crippen LogP contribution is 2.30. The number of rotatable bonds is 5. The number of para-hydroxylation sites is 1. The second-order valence-corrected chi connectivity index (χ2v) is 7.28. The number of nitriles is 1. The van der Waals surface area contributed by atoms with Crippen molar-refractivity contribution in [3.63, 3.8) is 0 Å². The Labute approximate surface area is 179 Å². The van der Waals surface area contributed by atoms with Gasteiger partial charge in [-0.15, -0.1) is 0 Å². The van der Waals surface area contributed by atoms with E-state index in [-0.39, 0.29) is 11.4 Å². The van der Waals surface area contributed by atoms with Gasteiger partial charge in [0.25, 0.3) is 0 Å². The lowest BCUT2D eigenvalue weighted by Gasteiger charge is -2.09. The summed E-state index contributed by atoms with van der Waals surface area (Å²) in [7, 11) is 0. The van der Waals surface area contributed by atoms with Crippen LogP contribution in [0.15, 0.2) is 72.8 Å². The van der Waals surface area contributed by atoms with E-state index in [4.69, 9.17) is 5.11 Å². The van der Waals surface area contributed by atoms with Crippen molar-refractivity contribution in [2.24, 2.45) is 0 Å². The zero-order valence-corrected chi connectivity index (χ0v) is 16.8. The number of carbonyl (C=O) groups is 1. The van der Waals surface area contributed by atoms with Crippen molar-refractivity contribution in [3.8, 4) is 6.07 Å². The smallest absolute Gasteiger partial charge is 0.335 e. The number of aromatic nitrogens is 1. The maximum absolute atomic E-state index is 13.3. The zero-order chi connectivity index (χ0) is 22.0. The SMILES string of the molecule is Cc1c(/C=C(\C#N)c2ccc(C(=O)O)cc2)c2ccccc2n1Cc1ccc(F)cc1. The van der Waals surface area contributed by atoms with E-state index in [9.17, 15) is 14.4 Å². The van der Waals surface area contributed by atoms with E-state index in [2.05, 4.69) is 10.6 Å². The zero-order valence-electron chi connectivity index (χ0n) is 16.8. The maximum atomic E-state index is 13.3. The van der Waals surface area contributed by atoms with Crippen LogP contribution >= 0.6 is 0 Å². The van der Waals surface area contributed by atoms with E-state index in [1.165, 1.54) is 24.3 Å². The molecule has 0 spiro atoms. The van der Waals surface area contributed by atoms with Crippen LogP contribution in [0.3, 0.4) is 0 Å². The monoisotopic (exact) mass is 410 g/mol. The molecule has 5 heteroatoms. The fourth-order valence-electron chi connectivity index (χ4n) is 3.73. The summed E-state index contributed by atoms with van der Waals surface area (Å²) in [6.07, 6.45) is 1.84. The van der Waals surface area contributed by atoms with Gasteiger partial charge in [-0.3, -0.25) is 0 Å². The molecule has 0 amide bonds. The maximum Gasteiger partial charge on any atom is 0.335 e. The molecule has 1 aromatic heterocycles. The molecule has 152 valence electrons. The van der Waals surface area contributed by atoms with Crippen LogP contribution in [0.25, 0.3) is 22.6 Å². The van der Waals surface area contributed by atoms with Crippen LogP contribution in [0, 0.1) is 24.1 Å². The number of carboxylic acids is 1. The Bertz CT molecular complexity index is 1340. The average molecular weight is 410 g/mol. The van der Waals surface area contributed by atoms with Gasteiger partial charge in [-0.25, -0.2) is 9.18 Å². The molecule has 4 rings (SSSR count). The van der Waals surface area contributed by atoms with Gasteiger partial charge in [-0.05, 0) is 54.5 Å². The summed E-state index contributed by atoms with van der Waals surface area (Å²) in [5.74, 6) is -1.28. The van der Waals surface area contributed by atoms with Crippen LogP contribution in [-0.2, 0) is 6.54 Å². The standard InChI is InChI=1S/C26H19FN2O2/c1-17-24(14-21(15-28)19-8-10-20(11-9-19)26(30)31)23-4-2-3-5-25(23)29(17)16-18-6-12-22(27)13-7-18/h2-14H,16H2,1H3,(H,30,31)/b21-14+. The molecule has 0 bridgehead atoms. The number of hydrogen-bond acceptors (Lipinski definition) is 2. The largest absolute Gasteiger partial charge is 0.478 e. The second-order valence-electron chi connectivity index (χ2n) is 7.28. The molecule has 4 nitrogen and oxygen atoms in total. The molecule has 0 saturated heterocycles. The van der Waals surface area contributed by atoms with Gasteiger partial charge < -0.3 is 9.67 Å². The Hall–Kier alpha value is -4.17. The van der Waals surface area contributed by atoms with E-state index < -0.39 is 5.97 Å². The highest BCUT2D eigenvalue weighted by molar-refractivity contribution is 5.99. The molecule has 0 saturated carbocycles. The second kappa shape index (κ2) is 8.29. The first-order valence-corrected chi connectivity index (χ1v) is 9.75. The van der Waals surface area contributed by atoms with Crippen LogP contribution in [0.1, 0.15) is 32.7 Å². The summed E-state index contributed by atoms with van der Waals surface area (Å²) in [4.78, 5) is 11.1. The Kier molecular flexibility index (Phi) is 5.38. The predicted octanol–water partition coefficient (Wildman–Crippen LogP) is 5.90. The van der Waals surface area contributed by atoms with Crippen molar-refractivity contribution in [1.29, 1.82) is 5.26 Å². The minimum atomic E-state index is -1.01. The van der Waals surface area contributed by atoms with Gasteiger partial charge in [-0.1, -0.05) is 42.5 Å². The summed E-state index contributed by atoms with van der Waals surface area (Å²) in [6, 6.07) is 22.9. The molecule has 0 radical (unpaired) electrons. The lowest BCUT2D eigenvalue weighted by Crippen LogP contribution is -2.02. The lowest BCUT2D eigenvalue weighted by atomic mass is 10.0. The van der Waals surface area contributed by atoms with Crippen LogP contribution < -0.4 is 0 Å². The molecule has 0 aliphatic heterocycles. The topological polar surface area (TPSA) is 66.0 Å². The van der Waals surface area contributed by atoms with Crippen molar-refractivity contribution >= 4 is 28.5 Å². The van der Waals surface area contributed by atoms with Gasteiger partial charge in [0, 0.05) is 28.7 Å². The van der Waals surface area contributed by atoms with Gasteiger partial charge in [0.2, 0.25) is 0 Å². The fraction of sp³-hybridized carbons (Fsp3) is 0.0769. The number of carboxylic acid groups (broad SMARTS) is 1. The molecule has 4 aromatic rings. The van der Waals surface area contributed by atoms with Gasteiger partial charge in [-0.2, -0.15) is 5.26 Å². The van der Waals surface area contributed by atoms with Crippen LogP contribution in [0.2, 0.25) is 0 Å². The molecule has 0 unspecified atom stereocenters. The van der Waals surface area contributed by atoms with Gasteiger partial charge >= 0.3 is 5.97 Å². The Morgan fingerprint density at radius 1 is 1.03 bits per heavy atom.